The number of nitrogens with zero attached hydrogens (tertiary/aromatic N) is 1. The average molecular weight is 390 g/mol. The van der Waals surface area contributed by atoms with Crippen molar-refractivity contribution in [2.75, 3.05) is 26.2 Å². The summed E-state index contributed by atoms with van der Waals surface area (Å²) < 4.78 is 0. The molecule has 1 aliphatic rings. The first-order chi connectivity index (χ1) is 11.1. The Morgan fingerprint density at radius 1 is 0.826 bits per heavy atom. The summed E-state index contributed by atoms with van der Waals surface area (Å²) in [7, 11) is 0. The fraction of sp³-hybridized carbons (Fsp3) is 0.294. The number of benzene rings is 2. The summed E-state index contributed by atoms with van der Waals surface area (Å²) in [6, 6.07) is 11.4. The lowest BCUT2D eigenvalue weighted by molar-refractivity contribution is 0.198. The van der Waals surface area contributed by atoms with E-state index in [-0.39, 0.29) is 6.04 Å². The SMILES string of the molecule is Clc1ccc(C(c2ccc(Cl)c(Cl)c2)N2CCNCC2)c(Cl)c1. The number of nitrogens with one attached hydrogen (secondary N) is 1. The highest BCUT2D eigenvalue weighted by molar-refractivity contribution is 6.42. The predicted molar refractivity (Wildman–Crippen MR) is 99.2 cm³/mol. The van der Waals surface area contributed by atoms with Gasteiger partial charge in [-0.25, -0.2) is 0 Å². The van der Waals surface area contributed by atoms with Crippen LogP contribution in [0.2, 0.25) is 20.1 Å². The molecule has 2 nitrogen and oxygen atoms in total. The van der Waals surface area contributed by atoms with Gasteiger partial charge in [-0.15, -0.1) is 0 Å². The number of hydrogen-bond donors (Lipinski definition) is 1. The standard InChI is InChI=1S/C17H16Cl4N2/c18-12-2-3-13(15(20)10-12)17(23-7-5-22-6-8-23)11-1-4-14(19)16(21)9-11/h1-4,9-10,17,22H,5-8H2. The Hall–Kier alpha value is -0.480. The lowest BCUT2D eigenvalue weighted by Crippen LogP contribution is -2.45. The van der Waals surface area contributed by atoms with Gasteiger partial charge in [0.1, 0.15) is 0 Å². The van der Waals surface area contributed by atoms with Crippen LogP contribution in [0.15, 0.2) is 36.4 Å². The summed E-state index contributed by atoms with van der Waals surface area (Å²) in [4.78, 5) is 2.39. The number of halogens is 4. The minimum atomic E-state index is 0.0247. The monoisotopic (exact) mass is 388 g/mol. The Kier molecular flexibility index (Phi) is 5.74. The van der Waals surface area contributed by atoms with Gasteiger partial charge >= 0.3 is 0 Å². The first-order valence-electron chi connectivity index (χ1n) is 7.41. The maximum absolute atomic E-state index is 6.48. The van der Waals surface area contributed by atoms with E-state index < -0.39 is 0 Å². The van der Waals surface area contributed by atoms with Crippen molar-refractivity contribution in [1.82, 2.24) is 10.2 Å². The van der Waals surface area contributed by atoms with Crippen LogP contribution in [0.5, 0.6) is 0 Å². The van der Waals surface area contributed by atoms with Crippen LogP contribution in [0.1, 0.15) is 17.2 Å². The maximum Gasteiger partial charge on any atom is 0.0617 e. The molecule has 0 spiro atoms. The van der Waals surface area contributed by atoms with E-state index in [9.17, 15) is 0 Å². The van der Waals surface area contributed by atoms with E-state index in [1.165, 1.54) is 0 Å². The van der Waals surface area contributed by atoms with Crippen molar-refractivity contribution in [3.8, 4) is 0 Å². The van der Waals surface area contributed by atoms with Crippen LogP contribution >= 0.6 is 46.4 Å². The molecule has 0 amide bonds. The molecule has 1 heterocycles. The second-order valence-electron chi connectivity index (χ2n) is 5.53. The summed E-state index contributed by atoms with van der Waals surface area (Å²) in [5.41, 5.74) is 2.10. The van der Waals surface area contributed by atoms with E-state index in [0.717, 1.165) is 37.3 Å². The highest BCUT2D eigenvalue weighted by Crippen LogP contribution is 2.37. The Balaban J connectivity index is 2.07. The molecule has 1 atom stereocenters. The minimum absolute atomic E-state index is 0.0247. The molecule has 3 rings (SSSR count). The highest BCUT2D eigenvalue weighted by atomic mass is 35.5. The molecule has 0 radical (unpaired) electrons. The number of hydrogen-bond acceptors (Lipinski definition) is 2. The van der Waals surface area contributed by atoms with Crippen molar-refractivity contribution in [2.45, 2.75) is 6.04 Å². The minimum Gasteiger partial charge on any atom is -0.314 e. The van der Waals surface area contributed by atoms with Crippen molar-refractivity contribution in [1.29, 1.82) is 0 Å². The van der Waals surface area contributed by atoms with E-state index in [1.54, 1.807) is 6.07 Å². The van der Waals surface area contributed by atoms with E-state index in [1.807, 2.05) is 30.3 Å². The van der Waals surface area contributed by atoms with Gasteiger partial charge in [-0.05, 0) is 35.4 Å². The normalized spacial score (nSPS) is 17.2. The molecule has 122 valence electrons. The number of rotatable bonds is 3. The van der Waals surface area contributed by atoms with Crippen molar-refractivity contribution in [2.24, 2.45) is 0 Å². The largest absolute Gasteiger partial charge is 0.314 e. The maximum atomic E-state index is 6.48. The van der Waals surface area contributed by atoms with E-state index in [2.05, 4.69) is 10.2 Å². The summed E-state index contributed by atoms with van der Waals surface area (Å²) in [6.45, 7) is 3.76. The first kappa shape index (κ1) is 17.3. The van der Waals surface area contributed by atoms with Crippen LogP contribution in [-0.4, -0.2) is 31.1 Å². The van der Waals surface area contributed by atoms with Gasteiger partial charge in [-0.3, -0.25) is 4.90 Å². The van der Waals surface area contributed by atoms with E-state index in [0.29, 0.717) is 20.1 Å². The summed E-state index contributed by atoms with van der Waals surface area (Å²) in [5, 5.41) is 5.77. The van der Waals surface area contributed by atoms with Crippen molar-refractivity contribution >= 4 is 46.4 Å². The van der Waals surface area contributed by atoms with E-state index in [4.69, 9.17) is 46.4 Å². The van der Waals surface area contributed by atoms with Crippen molar-refractivity contribution in [3.05, 3.63) is 67.6 Å². The molecular weight excluding hydrogens is 374 g/mol. The van der Waals surface area contributed by atoms with Crippen LogP contribution in [0.4, 0.5) is 0 Å². The van der Waals surface area contributed by atoms with Gasteiger partial charge in [-0.2, -0.15) is 0 Å². The van der Waals surface area contributed by atoms with Gasteiger partial charge in [0.05, 0.1) is 16.1 Å². The zero-order valence-corrected chi connectivity index (χ0v) is 15.4. The molecule has 6 heteroatoms. The lowest BCUT2D eigenvalue weighted by Gasteiger charge is -2.36. The lowest BCUT2D eigenvalue weighted by atomic mass is 9.96. The van der Waals surface area contributed by atoms with Gasteiger partial charge < -0.3 is 5.32 Å². The third-order valence-corrected chi connectivity index (χ3v) is 5.33. The second kappa shape index (κ2) is 7.60. The molecule has 2 aromatic carbocycles. The molecule has 0 saturated carbocycles. The van der Waals surface area contributed by atoms with Crippen LogP contribution in [-0.2, 0) is 0 Å². The van der Waals surface area contributed by atoms with Gasteiger partial charge in [0.2, 0.25) is 0 Å². The van der Waals surface area contributed by atoms with Gasteiger partial charge in [0, 0.05) is 36.2 Å². The highest BCUT2D eigenvalue weighted by Gasteiger charge is 2.26. The summed E-state index contributed by atoms with van der Waals surface area (Å²) in [5.74, 6) is 0. The second-order valence-corrected chi connectivity index (χ2v) is 7.19. The smallest absolute Gasteiger partial charge is 0.0617 e. The molecule has 1 fully saturated rings. The third-order valence-electron chi connectivity index (χ3n) is 4.03. The Labute approximate surface area is 156 Å². The van der Waals surface area contributed by atoms with Crippen LogP contribution in [0.25, 0.3) is 0 Å². The van der Waals surface area contributed by atoms with Gasteiger partial charge in [0.15, 0.2) is 0 Å². The fourth-order valence-corrected chi connectivity index (χ4v) is 3.75. The summed E-state index contributed by atoms with van der Waals surface area (Å²) >= 11 is 24.8. The molecule has 1 aliphatic heterocycles. The quantitative estimate of drug-likeness (QED) is 0.766. The van der Waals surface area contributed by atoms with Crippen molar-refractivity contribution in [3.63, 3.8) is 0 Å². The first-order valence-corrected chi connectivity index (χ1v) is 8.92. The van der Waals surface area contributed by atoms with Crippen LogP contribution in [0, 0.1) is 0 Å². The topological polar surface area (TPSA) is 15.3 Å². The van der Waals surface area contributed by atoms with Crippen molar-refractivity contribution < 1.29 is 0 Å². The third kappa shape index (κ3) is 3.96. The molecular formula is C17H16Cl4N2. The zero-order valence-electron chi connectivity index (χ0n) is 12.3. The van der Waals surface area contributed by atoms with E-state index >= 15 is 0 Å². The number of piperazine rings is 1. The van der Waals surface area contributed by atoms with Crippen LogP contribution < -0.4 is 5.32 Å². The molecule has 23 heavy (non-hydrogen) atoms. The average Bonchev–Trinajstić information content (AvgIpc) is 2.54. The van der Waals surface area contributed by atoms with Gasteiger partial charge in [-0.1, -0.05) is 58.5 Å². The molecule has 1 saturated heterocycles. The molecule has 1 unspecified atom stereocenters. The van der Waals surface area contributed by atoms with Crippen LogP contribution in [0.3, 0.4) is 0 Å². The zero-order chi connectivity index (χ0) is 16.4. The predicted octanol–water partition coefficient (Wildman–Crippen LogP) is 5.29. The Morgan fingerprint density at radius 2 is 1.57 bits per heavy atom. The molecule has 0 aliphatic carbocycles. The Bertz CT molecular complexity index is 699. The molecule has 1 N–H and O–H groups in total. The molecule has 2 aromatic rings. The molecule has 0 aromatic heterocycles. The Morgan fingerprint density at radius 3 is 2.22 bits per heavy atom. The van der Waals surface area contributed by atoms with Gasteiger partial charge in [0.25, 0.3) is 0 Å². The summed E-state index contributed by atoms with van der Waals surface area (Å²) in [6.07, 6.45) is 0. The molecule has 0 bridgehead atoms. The fourth-order valence-electron chi connectivity index (χ4n) is 2.93.